The molecule has 0 aliphatic carbocycles. The number of aromatic nitrogens is 1. The fourth-order valence-corrected chi connectivity index (χ4v) is 6.28. The van der Waals surface area contributed by atoms with Gasteiger partial charge >= 0.3 is 0 Å². The normalized spacial score (nSPS) is 11.5. The van der Waals surface area contributed by atoms with Gasteiger partial charge in [-0.05, 0) is 74.7 Å². The number of aryl methyl sites for hydroxylation is 4. The summed E-state index contributed by atoms with van der Waals surface area (Å²) in [6, 6.07) is 9.95. The second kappa shape index (κ2) is 8.37. The summed E-state index contributed by atoms with van der Waals surface area (Å²) in [4.78, 5) is 25.3. The monoisotopic (exact) mass is 464 g/mol. The molecular formula is C21H21ClN2O4S2. The predicted octanol–water partition coefficient (Wildman–Crippen LogP) is 4.27. The lowest BCUT2D eigenvalue weighted by Crippen LogP contribution is -2.33. The summed E-state index contributed by atoms with van der Waals surface area (Å²) in [6.07, 6.45) is 0. The first-order valence-electron chi connectivity index (χ1n) is 9.09. The molecule has 0 atom stereocenters. The lowest BCUT2D eigenvalue weighted by Gasteiger charge is -2.15. The van der Waals surface area contributed by atoms with Gasteiger partial charge in [-0.15, -0.1) is 11.3 Å². The smallest absolute Gasteiger partial charge is 0.270 e. The fourth-order valence-electron chi connectivity index (χ4n) is 3.14. The lowest BCUT2D eigenvalue weighted by molar-refractivity contribution is -0.116. The van der Waals surface area contributed by atoms with Crippen LogP contribution in [0.3, 0.4) is 0 Å². The van der Waals surface area contributed by atoms with Gasteiger partial charge in [0.05, 0.1) is 4.34 Å². The average Bonchev–Trinajstić information content (AvgIpc) is 3.09. The van der Waals surface area contributed by atoms with Crippen LogP contribution >= 0.6 is 22.9 Å². The number of amides is 1. The van der Waals surface area contributed by atoms with E-state index in [4.69, 9.17) is 11.6 Å². The van der Waals surface area contributed by atoms with E-state index in [0.29, 0.717) is 21.3 Å². The van der Waals surface area contributed by atoms with Gasteiger partial charge in [0.2, 0.25) is 15.7 Å². The molecule has 1 N–H and O–H groups in total. The number of carbonyl (C=O) groups excluding carboxylic acids is 1. The van der Waals surface area contributed by atoms with Crippen molar-refractivity contribution in [2.45, 2.75) is 43.3 Å². The zero-order chi connectivity index (χ0) is 22.2. The third kappa shape index (κ3) is 4.35. The van der Waals surface area contributed by atoms with Gasteiger partial charge in [0.25, 0.3) is 5.56 Å². The lowest BCUT2D eigenvalue weighted by atomic mass is 10.1. The molecule has 0 saturated heterocycles. The summed E-state index contributed by atoms with van der Waals surface area (Å²) in [7, 11) is -4.05. The molecule has 30 heavy (non-hydrogen) atoms. The number of halogens is 1. The molecule has 0 unspecified atom stereocenters. The average molecular weight is 465 g/mol. The number of hydrogen-bond acceptors (Lipinski definition) is 5. The van der Waals surface area contributed by atoms with Gasteiger partial charge in [-0.2, -0.15) is 0 Å². The third-order valence-corrected chi connectivity index (χ3v) is 8.46. The molecule has 0 aliphatic rings. The van der Waals surface area contributed by atoms with Crippen molar-refractivity contribution in [3.63, 3.8) is 0 Å². The zero-order valence-electron chi connectivity index (χ0n) is 16.9. The SMILES string of the molecule is Cc1ccc(NC(=O)Cn2c(C)cc(C)c(S(=O)(=O)c3ccc(Cl)s3)c2=O)cc1C. The summed E-state index contributed by atoms with van der Waals surface area (Å²) < 4.78 is 27.5. The maximum absolute atomic E-state index is 13.1. The van der Waals surface area contributed by atoms with Crippen LogP contribution in [-0.4, -0.2) is 18.9 Å². The number of nitrogens with zero attached hydrogens (tertiary/aromatic N) is 1. The molecule has 158 valence electrons. The Morgan fingerprint density at radius 3 is 2.33 bits per heavy atom. The highest BCUT2D eigenvalue weighted by molar-refractivity contribution is 7.93. The van der Waals surface area contributed by atoms with Crippen molar-refractivity contribution >= 4 is 44.4 Å². The molecular weight excluding hydrogens is 444 g/mol. The van der Waals surface area contributed by atoms with Gasteiger partial charge in [0.1, 0.15) is 15.6 Å². The molecule has 0 radical (unpaired) electrons. The van der Waals surface area contributed by atoms with Crippen LogP contribution in [0.2, 0.25) is 4.34 Å². The molecule has 1 amide bonds. The van der Waals surface area contributed by atoms with Gasteiger partial charge in [-0.3, -0.25) is 9.59 Å². The Balaban J connectivity index is 1.98. The fraction of sp³-hybridized carbons (Fsp3) is 0.238. The number of rotatable bonds is 5. The number of nitrogens with one attached hydrogen (secondary N) is 1. The molecule has 0 aliphatic heterocycles. The summed E-state index contributed by atoms with van der Waals surface area (Å²) in [5.41, 5.74) is 2.83. The van der Waals surface area contributed by atoms with Crippen molar-refractivity contribution in [3.05, 3.63) is 73.5 Å². The number of pyridine rings is 1. The van der Waals surface area contributed by atoms with E-state index in [-0.39, 0.29) is 15.6 Å². The van der Waals surface area contributed by atoms with Crippen molar-refractivity contribution in [1.29, 1.82) is 0 Å². The Hall–Kier alpha value is -2.42. The minimum atomic E-state index is -4.05. The highest BCUT2D eigenvalue weighted by Crippen LogP contribution is 2.30. The first-order valence-corrected chi connectivity index (χ1v) is 11.8. The maximum atomic E-state index is 13.1. The van der Waals surface area contributed by atoms with E-state index >= 15 is 0 Å². The number of sulfone groups is 1. The van der Waals surface area contributed by atoms with E-state index in [0.717, 1.165) is 22.5 Å². The first-order chi connectivity index (χ1) is 14.0. The predicted molar refractivity (Wildman–Crippen MR) is 120 cm³/mol. The summed E-state index contributed by atoms with van der Waals surface area (Å²) >= 11 is 6.76. The van der Waals surface area contributed by atoms with Crippen molar-refractivity contribution < 1.29 is 13.2 Å². The van der Waals surface area contributed by atoms with Crippen molar-refractivity contribution in [2.75, 3.05) is 5.32 Å². The summed E-state index contributed by atoms with van der Waals surface area (Å²) in [5, 5.41) is 2.76. The molecule has 1 aromatic carbocycles. The molecule has 3 rings (SSSR count). The molecule has 3 aromatic rings. The van der Waals surface area contributed by atoms with Crippen LogP contribution in [0.5, 0.6) is 0 Å². The highest BCUT2D eigenvalue weighted by Gasteiger charge is 2.27. The Morgan fingerprint density at radius 1 is 1.03 bits per heavy atom. The second-order valence-electron chi connectivity index (χ2n) is 7.10. The molecule has 0 saturated carbocycles. The van der Waals surface area contributed by atoms with Gasteiger partial charge < -0.3 is 9.88 Å². The number of benzene rings is 1. The molecule has 0 spiro atoms. The van der Waals surface area contributed by atoms with Crippen LogP contribution in [0.4, 0.5) is 5.69 Å². The molecule has 6 nitrogen and oxygen atoms in total. The van der Waals surface area contributed by atoms with Gasteiger partial charge in [0.15, 0.2) is 0 Å². The first kappa shape index (κ1) is 22.3. The highest BCUT2D eigenvalue weighted by atomic mass is 35.5. The van der Waals surface area contributed by atoms with Crippen LogP contribution in [0.25, 0.3) is 0 Å². The number of hydrogen-bond donors (Lipinski definition) is 1. The van der Waals surface area contributed by atoms with Crippen molar-refractivity contribution in [1.82, 2.24) is 4.57 Å². The van der Waals surface area contributed by atoms with Crippen molar-refractivity contribution in [2.24, 2.45) is 0 Å². The van der Waals surface area contributed by atoms with Gasteiger partial charge in [-0.1, -0.05) is 17.7 Å². The molecule has 0 fully saturated rings. The van der Waals surface area contributed by atoms with Crippen molar-refractivity contribution in [3.8, 4) is 0 Å². The van der Waals surface area contributed by atoms with Crippen LogP contribution in [-0.2, 0) is 21.2 Å². The summed E-state index contributed by atoms with van der Waals surface area (Å²) in [5.74, 6) is -0.421. The number of thiophene rings is 1. The zero-order valence-corrected chi connectivity index (χ0v) is 19.3. The number of anilines is 1. The van der Waals surface area contributed by atoms with E-state index in [9.17, 15) is 18.0 Å². The molecule has 9 heteroatoms. The van der Waals surface area contributed by atoms with E-state index in [1.165, 1.54) is 16.7 Å². The minimum absolute atomic E-state index is 0.0114. The van der Waals surface area contributed by atoms with Crippen LogP contribution in [0.15, 0.2) is 50.3 Å². The van der Waals surface area contributed by atoms with Gasteiger partial charge in [0, 0.05) is 11.4 Å². The third-order valence-electron chi connectivity index (χ3n) is 4.82. The van der Waals surface area contributed by atoms with Gasteiger partial charge in [-0.25, -0.2) is 8.42 Å². The van der Waals surface area contributed by atoms with E-state index in [2.05, 4.69) is 5.32 Å². The Bertz CT molecular complexity index is 1310. The Kier molecular flexibility index (Phi) is 6.21. The van der Waals surface area contributed by atoms with Crippen LogP contribution < -0.4 is 10.9 Å². The second-order valence-corrected chi connectivity index (χ2v) is 10.9. The van der Waals surface area contributed by atoms with E-state index in [1.807, 2.05) is 26.0 Å². The van der Waals surface area contributed by atoms with E-state index < -0.39 is 21.3 Å². The largest absolute Gasteiger partial charge is 0.325 e. The molecule has 2 heterocycles. The Morgan fingerprint density at radius 2 is 1.73 bits per heavy atom. The topological polar surface area (TPSA) is 85.2 Å². The number of carbonyl (C=O) groups is 1. The Labute approximate surface area is 184 Å². The minimum Gasteiger partial charge on any atom is -0.325 e. The van der Waals surface area contributed by atoms with E-state index in [1.54, 1.807) is 26.0 Å². The summed E-state index contributed by atoms with van der Waals surface area (Å²) in [6.45, 7) is 6.84. The van der Waals surface area contributed by atoms with Crippen LogP contribution in [0, 0.1) is 27.7 Å². The molecule has 0 bridgehead atoms. The standard InChI is InChI=1S/C21H21ClN2O4S2/c1-12-5-6-16(10-13(12)2)23-18(25)11-24-15(4)9-14(3)20(21(24)26)30(27,28)19-8-7-17(22)29-19/h5-10H,11H2,1-4H3,(H,23,25). The molecule has 2 aromatic heterocycles. The van der Waals surface area contributed by atoms with Crippen LogP contribution in [0.1, 0.15) is 22.4 Å². The maximum Gasteiger partial charge on any atom is 0.270 e. The quantitative estimate of drug-likeness (QED) is 0.611.